The summed E-state index contributed by atoms with van der Waals surface area (Å²) in [5, 5.41) is 4.13. The summed E-state index contributed by atoms with van der Waals surface area (Å²) in [6.07, 6.45) is 1.86. The summed E-state index contributed by atoms with van der Waals surface area (Å²) in [7, 11) is 2.17. The number of thiophene rings is 1. The number of carbonyl (C=O) groups is 1. The van der Waals surface area contributed by atoms with Gasteiger partial charge in [-0.05, 0) is 50.7 Å². The lowest BCUT2D eigenvalue weighted by Crippen LogP contribution is -2.46. The number of likely N-dealkylation sites (N-methyl/N-ethyl adjacent to an activating group) is 1. The molecule has 0 bridgehead atoms. The van der Waals surface area contributed by atoms with E-state index in [1.54, 1.807) is 11.3 Å². The number of aryl methyl sites for hydroxylation is 1. The largest absolute Gasteiger partial charge is 0.313 e. The summed E-state index contributed by atoms with van der Waals surface area (Å²) in [5.41, 5.74) is 4.10. The van der Waals surface area contributed by atoms with Gasteiger partial charge in [0.1, 0.15) is 5.00 Å². The first-order chi connectivity index (χ1) is 14.5. The monoisotopic (exact) mass is 420 g/mol. The fraction of sp³-hybridized carbons (Fsp3) is 0.333. The quantitative estimate of drug-likeness (QED) is 0.667. The third-order valence-corrected chi connectivity index (χ3v) is 6.98. The third-order valence-electron chi connectivity index (χ3n) is 5.84. The van der Waals surface area contributed by atoms with Crippen LogP contribution >= 0.6 is 11.3 Å². The van der Waals surface area contributed by atoms with Crippen LogP contribution in [0.2, 0.25) is 0 Å². The summed E-state index contributed by atoms with van der Waals surface area (Å²) in [4.78, 5) is 23.7. The van der Waals surface area contributed by atoms with Crippen LogP contribution in [-0.2, 0) is 0 Å². The SMILES string of the molecule is Cc1sc(NC(=O)c2ccccc2)c(C(c2ccccn2)N2CCN(C)CC2)c1C. The molecule has 1 saturated heterocycles. The highest BCUT2D eigenvalue weighted by atomic mass is 32.1. The summed E-state index contributed by atoms with van der Waals surface area (Å²) in [6, 6.07) is 15.5. The third kappa shape index (κ3) is 4.31. The van der Waals surface area contributed by atoms with Crippen molar-refractivity contribution < 1.29 is 4.79 Å². The first kappa shape index (κ1) is 20.7. The van der Waals surface area contributed by atoms with Gasteiger partial charge in [0.15, 0.2) is 0 Å². The zero-order valence-electron chi connectivity index (χ0n) is 17.8. The molecule has 1 aromatic carbocycles. The molecule has 30 heavy (non-hydrogen) atoms. The number of hydrogen-bond acceptors (Lipinski definition) is 5. The Labute approximate surface area is 182 Å². The minimum Gasteiger partial charge on any atom is -0.313 e. The number of carbonyl (C=O) groups excluding carboxylic acids is 1. The van der Waals surface area contributed by atoms with Gasteiger partial charge < -0.3 is 10.2 Å². The Morgan fingerprint density at radius 1 is 1.03 bits per heavy atom. The van der Waals surface area contributed by atoms with Crippen molar-refractivity contribution >= 4 is 22.2 Å². The molecule has 1 aliphatic heterocycles. The van der Waals surface area contributed by atoms with E-state index in [4.69, 9.17) is 4.98 Å². The number of aromatic nitrogens is 1. The smallest absolute Gasteiger partial charge is 0.256 e. The van der Waals surface area contributed by atoms with Gasteiger partial charge in [-0.2, -0.15) is 0 Å². The minimum atomic E-state index is -0.0729. The highest BCUT2D eigenvalue weighted by Gasteiger charge is 2.31. The second-order valence-electron chi connectivity index (χ2n) is 7.84. The first-order valence-electron chi connectivity index (χ1n) is 10.3. The second kappa shape index (κ2) is 9.08. The van der Waals surface area contributed by atoms with Crippen LogP contribution in [0.5, 0.6) is 0 Å². The van der Waals surface area contributed by atoms with Crippen LogP contribution in [0.1, 0.15) is 38.1 Å². The van der Waals surface area contributed by atoms with Gasteiger partial charge in [-0.15, -0.1) is 11.3 Å². The number of nitrogens with zero attached hydrogens (tertiary/aromatic N) is 3. The van der Waals surface area contributed by atoms with Gasteiger partial charge in [0.05, 0.1) is 11.7 Å². The van der Waals surface area contributed by atoms with Crippen LogP contribution in [0.3, 0.4) is 0 Å². The second-order valence-corrected chi connectivity index (χ2v) is 9.07. The maximum absolute atomic E-state index is 12.9. The number of rotatable bonds is 5. The zero-order chi connectivity index (χ0) is 21.1. The van der Waals surface area contributed by atoms with Crippen molar-refractivity contribution in [3.05, 3.63) is 82.0 Å². The first-order valence-corrected chi connectivity index (χ1v) is 11.2. The van der Waals surface area contributed by atoms with Crippen molar-refractivity contribution in [1.29, 1.82) is 0 Å². The predicted octanol–water partition coefficient (Wildman–Crippen LogP) is 4.35. The predicted molar refractivity (Wildman–Crippen MR) is 123 cm³/mol. The maximum atomic E-state index is 12.9. The van der Waals surface area contributed by atoms with Crippen molar-refractivity contribution in [1.82, 2.24) is 14.8 Å². The van der Waals surface area contributed by atoms with Crippen molar-refractivity contribution in [3.8, 4) is 0 Å². The lowest BCUT2D eigenvalue weighted by molar-refractivity contribution is 0.102. The summed E-state index contributed by atoms with van der Waals surface area (Å²) >= 11 is 1.65. The van der Waals surface area contributed by atoms with E-state index in [1.807, 2.05) is 48.7 Å². The van der Waals surface area contributed by atoms with Gasteiger partial charge in [-0.1, -0.05) is 24.3 Å². The molecule has 4 rings (SSSR count). The molecule has 3 aromatic rings. The maximum Gasteiger partial charge on any atom is 0.256 e. The van der Waals surface area contributed by atoms with E-state index in [2.05, 4.69) is 42.1 Å². The fourth-order valence-electron chi connectivity index (χ4n) is 3.97. The Morgan fingerprint density at radius 3 is 2.40 bits per heavy atom. The molecule has 1 fully saturated rings. The Hall–Kier alpha value is -2.54. The Balaban J connectivity index is 1.74. The molecule has 3 heterocycles. The molecule has 156 valence electrons. The molecule has 1 aliphatic rings. The number of anilines is 1. The number of pyridine rings is 1. The normalized spacial score (nSPS) is 16.4. The highest BCUT2D eigenvalue weighted by molar-refractivity contribution is 7.16. The highest BCUT2D eigenvalue weighted by Crippen LogP contribution is 2.42. The average Bonchev–Trinajstić information content (AvgIpc) is 3.04. The molecule has 0 saturated carbocycles. The molecule has 1 atom stereocenters. The Morgan fingerprint density at radius 2 is 1.73 bits per heavy atom. The molecule has 1 amide bonds. The molecule has 0 radical (unpaired) electrons. The number of nitrogens with one attached hydrogen (secondary N) is 1. The lowest BCUT2D eigenvalue weighted by Gasteiger charge is -2.38. The van der Waals surface area contributed by atoms with Gasteiger partial charge in [0.2, 0.25) is 0 Å². The average molecular weight is 421 g/mol. The van der Waals surface area contributed by atoms with Gasteiger partial charge in [0, 0.05) is 48.4 Å². The molecular formula is C24H28N4OS. The van der Waals surface area contributed by atoms with Gasteiger partial charge in [-0.3, -0.25) is 14.7 Å². The van der Waals surface area contributed by atoms with E-state index < -0.39 is 0 Å². The summed E-state index contributed by atoms with van der Waals surface area (Å²) < 4.78 is 0. The molecule has 1 N–H and O–H groups in total. The van der Waals surface area contributed by atoms with Crippen molar-refractivity contribution in [2.24, 2.45) is 0 Å². The van der Waals surface area contributed by atoms with E-state index >= 15 is 0 Å². The number of amides is 1. The van der Waals surface area contributed by atoms with E-state index in [-0.39, 0.29) is 11.9 Å². The standard InChI is InChI=1S/C24H28N4OS/c1-17-18(2)30-24(26-23(29)19-9-5-4-6-10-19)21(17)22(20-11-7-8-12-25-20)28-15-13-27(3)14-16-28/h4-12,22H,13-16H2,1-3H3,(H,26,29). The molecule has 0 spiro atoms. The zero-order valence-corrected chi connectivity index (χ0v) is 18.6. The van der Waals surface area contributed by atoms with Crippen LogP contribution < -0.4 is 5.32 Å². The molecule has 5 nitrogen and oxygen atoms in total. The van der Waals surface area contributed by atoms with E-state index in [9.17, 15) is 4.79 Å². The lowest BCUT2D eigenvalue weighted by atomic mass is 9.97. The van der Waals surface area contributed by atoms with Crippen LogP contribution in [0, 0.1) is 13.8 Å². The van der Waals surface area contributed by atoms with Gasteiger partial charge in [0.25, 0.3) is 5.91 Å². The van der Waals surface area contributed by atoms with Crippen LogP contribution in [0.25, 0.3) is 0 Å². The fourth-order valence-corrected chi connectivity index (χ4v) is 5.05. The van der Waals surface area contributed by atoms with Crippen molar-refractivity contribution in [3.63, 3.8) is 0 Å². The molecule has 0 aliphatic carbocycles. The van der Waals surface area contributed by atoms with Gasteiger partial charge >= 0.3 is 0 Å². The van der Waals surface area contributed by atoms with Crippen molar-refractivity contribution in [2.45, 2.75) is 19.9 Å². The Kier molecular flexibility index (Phi) is 6.27. The minimum absolute atomic E-state index is 0.0240. The van der Waals surface area contributed by atoms with Crippen LogP contribution in [0.15, 0.2) is 54.7 Å². The van der Waals surface area contributed by atoms with Crippen LogP contribution in [0.4, 0.5) is 5.00 Å². The van der Waals surface area contributed by atoms with E-state index in [1.165, 1.54) is 16.0 Å². The number of piperazine rings is 1. The van der Waals surface area contributed by atoms with Crippen molar-refractivity contribution in [2.75, 3.05) is 38.5 Å². The number of benzene rings is 1. The van der Waals surface area contributed by atoms with Gasteiger partial charge in [-0.25, -0.2) is 0 Å². The summed E-state index contributed by atoms with van der Waals surface area (Å²) in [5.74, 6) is -0.0729. The molecule has 2 aromatic heterocycles. The van der Waals surface area contributed by atoms with Crippen LogP contribution in [-0.4, -0.2) is 53.9 Å². The van der Waals surface area contributed by atoms with E-state index in [0.29, 0.717) is 5.56 Å². The molecule has 6 heteroatoms. The van der Waals surface area contributed by atoms with E-state index in [0.717, 1.165) is 36.9 Å². The topological polar surface area (TPSA) is 48.5 Å². The number of hydrogen-bond donors (Lipinski definition) is 1. The summed E-state index contributed by atoms with van der Waals surface area (Å²) in [6.45, 7) is 8.27. The molecular weight excluding hydrogens is 392 g/mol. The Bertz CT molecular complexity index is 995. The molecule has 1 unspecified atom stereocenters.